The van der Waals surface area contributed by atoms with Gasteiger partial charge in [0.15, 0.2) is 0 Å². The van der Waals surface area contributed by atoms with Gasteiger partial charge in [-0.2, -0.15) is 5.26 Å². The maximum atomic E-state index is 12.5. The number of hydrogen-bond donors (Lipinski definition) is 1. The van der Waals surface area contributed by atoms with Crippen molar-refractivity contribution in [2.45, 2.75) is 13.0 Å². The number of benzene rings is 2. The summed E-state index contributed by atoms with van der Waals surface area (Å²) in [6, 6.07) is 18.3. The van der Waals surface area contributed by atoms with Crippen molar-refractivity contribution in [2.75, 3.05) is 0 Å². The van der Waals surface area contributed by atoms with Crippen LogP contribution in [0.5, 0.6) is 0 Å². The largest absolute Gasteiger partial charge is 0.345 e. The maximum Gasteiger partial charge on any atom is 0.262 e. The molecule has 1 aromatic heterocycles. The van der Waals surface area contributed by atoms with Gasteiger partial charge in [-0.25, -0.2) is 0 Å². The molecule has 128 valence electrons. The van der Waals surface area contributed by atoms with Crippen LogP contribution in [-0.2, 0) is 4.79 Å². The molecule has 26 heavy (non-hydrogen) atoms. The zero-order valence-electron chi connectivity index (χ0n) is 14.1. The van der Waals surface area contributed by atoms with Crippen molar-refractivity contribution in [3.8, 4) is 6.07 Å². The van der Waals surface area contributed by atoms with Crippen LogP contribution in [0.4, 0.5) is 0 Å². The van der Waals surface area contributed by atoms with Crippen LogP contribution < -0.4 is 5.32 Å². The summed E-state index contributed by atoms with van der Waals surface area (Å²) in [5.41, 5.74) is 2.41. The molecule has 1 atom stereocenters. The molecule has 0 aliphatic rings. The fourth-order valence-electron chi connectivity index (χ4n) is 2.73. The minimum atomic E-state index is -0.444. The molecule has 1 unspecified atom stereocenters. The van der Waals surface area contributed by atoms with E-state index in [-0.39, 0.29) is 11.6 Å². The van der Waals surface area contributed by atoms with Gasteiger partial charge in [0.25, 0.3) is 5.91 Å². The number of nitrogens with one attached hydrogen (secondary N) is 1. The van der Waals surface area contributed by atoms with E-state index in [0.29, 0.717) is 5.02 Å². The number of carbonyl (C=O) groups excluding carboxylic acids is 1. The first-order chi connectivity index (χ1) is 12.6. The Morgan fingerprint density at radius 1 is 1.19 bits per heavy atom. The Balaban J connectivity index is 1.88. The lowest BCUT2D eigenvalue weighted by molar-refractivity contribution is -0.117. The molecule has 0 spiro atoms. The average Bonchev–Trinajstić information content (AvgIpc) is 2.66. The fraction of sp³-hybridized carbons (Fsp3) is 0.0952. The first-order valence-corrected chi connectivity index (χ1v) is 8.49. The van der Waals surface area contributed by atoms with E-state index in [1.165, 1.54) is 0 Å². The van der Waals surface area contributed by atoms with Crippen LogP contribution in [0, 0.1) is 11.3 Å². The van der Waals surface area contributed by atoms with Gasteiger partial charge >= 0.3 is 0 Å². The summed E-state index contributed by atoms with van der Waals surface area (Å²) in [4.78, 5) is 16.8. The molecule has 0 fully saturated rings. The highest BCUT2D eigenvalue weighted by Crippen LogP contribution is 2.23. The topological polar surface area (TPSA) is 65.8 Å². The van der Waals surface area contributed by atoms with Crippen LogP contribution in [-0.4, -0.2) is 10.9 Å². The molecule has 1 N–H and O–H groups in total. The fourth-order valence-corrected chi connectivity index (χ4v) is 3.03. The molecule has 0 radical (unpaired) electrons. The van der Waals surface area contributed by atoms with Gasteiger partial charge in [0.2, 0.25) is 0 Å². The third-order valence-electron chi connectivity index (χ3n) is 4.07. The number of rotatable bonds is 4. The zero-order chi connectivity index (χ0) is 18.5. The third-order valence-corrected chi connectivity index (χ3v) is 4.41. The van der Waals surface area contributed by atoms with Gasteiger partial charge in [-0.1, -0.05) is 48.0 Å². The molecule has 1 amide bonds. The van der Waals surface area contributed by atoms with Crippen molar-refractivity contribution in [1.29, 1.82) is 5.26 Å². The van der Waals surface area contributed by atoms with Crippen molar-refractivity contribution in [1.82, 2.24) is 10.3 Å². The SMILES string of the molecule is CC(NC(=O)C(C#N)=Cc1ccnc2ccccc12)c1ccccc1Cl. The van der Waals surface area contributed by atoms with Gasteiger partial charge in [-0.15, -0.1) is 0 Å². The number of para-hydroxylation sites is 1. The minimum Gasteiger partial charge on any atom is -0.345 e. The Morgan fingerprint density at radius 3 is 2.69 bits per heavy atom. The van der Waals surface area contributed by atoms with Crippen molar-refractivity contribution in [3.63, 3.8) is 0 Å². The van der Waals surface area contributed by atoms with Crippen LogP contribution in [0.25, 0.3) is 17.0 Å². The van der Waals surface area contributed by atoms with E-state index in [0.717, 1.165) is 22.0 Å². The van der Waals surface area contributed by atoms with Gasteiger partial charge in [0.1, 0.15) is 11.6 Å². The van der Waals surface area contributed by atoms with E-state index in [4.69, 9.17) is 11.6 Å². The van der Waals surface area contributed by atoms with Crippen LogP contribution in [0.2, 0.25) is 5.02 Å². The van der Waals surface area contributed by atoms with Gasteiger partial charge < -0.3 is 5.32 Å². The number of nitriles is 1. The van der Waals surface area contributed by atoms with Crippen LogP contribution >= 0.6 is 11.6 Å². The Morgan fingerprint density at radius 2 is 1.92 bits per heavy atom. The van der Waals surface area contributed by atoms with E-state index in [9.17, 15) is 10.1 Å². The molecule has 1 heterocycles. The lowest BCUT2D eigenvalue weighted by Crippen LogP contribution is -2.27. The molecule has 5 heteroatoms. The number of halogens is 1. The summed E-state index contributed by atoms with van der Waals surface area (Å²) >= 11 is 6.17. The van der Waals surface area contributed by atoms with Crippen molar-refractivity contribution in [2.24, 2.45) is 0 Å². The first kappa shape index (κ1) is 17.7. The smallest absolute Gasteiger partial charge is 0.262 e. The highest BCUT2D eigenvalue weighted by molar-refractivity contribution is 6.31. The van der Waals surface area contributed by atoms with Gasteiger partial charge in [-0.05, 0) is 42.3 Å². The number of nitrogens with zero attached hydrogens (tertiary/aromatic N) is 2. The van der Waals surface area contributed by atoms with Gasteiger partial charge in [0, 0.05) is 16.6 Å². The molecule has 0 aliphatic carbocycles. The second-order valence-electron chi connectivity index (χ2n) is 5.80. The molecule has 0 aliphatic heterocycles. The van der Waals surface area contributed by atoms with Crippen molar-refractivity contribution >= 4 is 34.5 Å². The van der Waals surface area contributed by atoms with E-state index in [1.807, 2.05) is 55.5 Å². The summed E-state index contributed by atoms with van der Waals surface area (Å²) in [6.45, 7) is 1.83. The van der Waals surface area contributed by atoms with Crippen molar-refractivity contribution in [3.05, 3.63) is 82.5 Å². The van der Waals surface area contributed by atoms with E-state index in [2.05, 4.69) is 10.3 Å². The normalized spacial score (nSPS) is 12.4. The number of fused-ring (bicyclic) bond motifs is 1. The Bertz CT molecular complexity index is 1030. The van der Waals surface area contributed by atoms with Crippen LogP contribution in [0.15, 0.2) is 66.4 Å². The summed E-state index contributed by atoms with van der Waals surface area (Å²) in [5.74, 6) is -0.444. The first-order valence-electron chi connectivity index (χ1n) is 8.11. The quantitative estimate of drug-likeness (QED) is 0.542. The summed E-state index contributed by atoms with van der Waals surface area (Å²) in [5, 5.41) is 13.7. The predicted octanol–water partition coefficient (Wildman–Crippen LogP) is 4.67. The number of hydrogen-bond acceptors (Lipinski definition) is 3. The summed E-state index contributed by atoms with van der Waals surface area (Å²) in [7, 11) is 0. The zero-order valence-corrected chi connectivity index (χ0v) is 14.9. The average molecular weight is 362 g/mol. The summed E-state index contributed by atoms with van der Waals surface area (Å²) < 4.78 is 0. The molecular formula is C21H16ClN3O. The van der Waals surface area contributed by atoms with Gasteiger partial charge in [0.05, 0.1) is 11.6 Å². The van der Waals surface area contributed by atoms with Gasteiger partial charge in [-0.3, -0.25) is 9.78 Å². The molecule has 4 nitrogen and oxygen atoms in total. The summed E-state index contributed by atoms with van der Waals surface area (Å²) in [6.07, 6.45) is 3.24. The number of amides is 1. The maximum absolute atomic E-state index is 12.5. The standard InChI is InChI=1S/C21H16ClN3O/c1-14(17-6-2-4-8-19(17)22)25-21(26)16(13-23)12-15-10-11-24-20-9-5-3-7-18(15)20/h2-12,14H,1H3,(H,25,26). The number of pyridine rings is 1. The molecule has 0 saturated heterocycles. The molecule has 0 bridgehead atoms. The van der Waals surface area contributed by atoms with E-state index < -0.39 is 5.91 Å². The third kappa shape index (κ3) is 3.74. The Kier molecular flexibility index (Phi) is 5.31. The van der Waals surface area contributed by atoms with Crippen LogP contribution in [0.1, 0.15) is 24.1 Å². The lowest BCUT2D eigenvalue weighted by Gasteiger charge is -2.15. The van der Waals surface area contributed by atoms with Crippen molar-refractivity contribution < 1.29 is 4.79 Å². The Hall–Kier alpha value is -3.16. The second-order valence-corrected chi connectivity index (χ2v) is 6.21. The molecule has 0 saturated carbocycles. The lowest BCUT2D eigenvalue weighted by atomic mass is 10.0. The number of aromatic nitrogens is 1. The highest BCUT2D eigenvalue weighted by Gasteiger charge is 2.16. The monoisotopic (exact) mass is 361 g/mol. The van der Waals surface area contributed by atoms with Crippen LogP contribution in [0.3, 0.4) is 0 Å². The Labute approximate surface area is 156 Å². The van der Waals surface area contributed by atoms with E-state index >= 15 is 0 Å². The highest BCUT2D eigenvalue weighted by atomic mass is 35.5. The predicted molar refractivity (Wildman–Crippen MR) is 103 cm³/mol. The minimum absolute atomic E-state index is 0.0280. The molecule has 3 rings (SSSR count). The van der Waals surface area contributed by atoms with E-state index in [1.54, 1.807) is 24.4 Å². The molecular weight excluding hydrogens is 346 g/mol. The number of carbonyl (C=O) groups is 1. The molecule has 3 aromatic rings. The molecule has 2 aromatic carbocycles. The second kappa shape index (κ2) is 7.81.